The van der Waals surface area contributed by atoms with E-state index in [1.165, 1.54) is 25.7 Å². The number of unbranched alkanes of at least 4 members (excludes halogenated alkanes) is 15. The van der Waals surface area contributed by atoms with E-state index in [-0.39, 0.29) is 12.8 Å². The number of rotatable bonds is 27. The number of alkyl halides is 22. The number of halogens is 22. The standard InChI is InChI=1S/C30H40F21I/c1-2-3-4-5-6-7-8-9-10-11-12-13-14-15-16-17-18-20(52)19-21(31,32)22(33,34)23(35,36)24(37,38)25(39,40)26(41,42)27(43,44)28(45,46)29(47,48)30(49,50)51/h20H,2-19H2,1H3. The van der Waals surface area contributed by atoms with E-state index in [4.69, 9.17) is 0 Å². The Kier molecular flexibility index (Phi) is 18.7. The summed E-state index contributed by atoms with van der Waals surface area (Å²) in [6, 6.07) is 0. The molecule has 22 heteroatoms. The van der Waals surface area contributed by atoms with Crippen LogP contribution in [0.3, 0.4) is 0 Å². The van der Waals surface area contributed by atoms with Gasteiger partial charge in [-0.15, -0.1) is 0 Å². The fourth-order valence-corrected chi connectivity index (χ4v) is 6.01. The molecule has 0 rings (SSSR count). The molecule has 0 aromatic rings. The molecule has 0 fully saturated rings. The zero-order valence-corrected chi connectivity index (χ0v) is 29.8. The number of hydrogen-bond acceptors (Lipinski definition) is 0. The van der Waals surface area contributed by atoms with Crippen LogP contribution in [0.2, 0.25) is 0 Å². The van der Waals surface area contributed by atoms with Gasteiger partial charge in [-0.2, -0.15) is 92.2 Å². The SMILES string of the molecule is CCCCCCCCCCCCCCCCCCC(I)CC(F)(F)C(F)(F)C(F)(F)C(F)(F)C(F)(F)C(F)(F)C(F)(F)C(F)(F)C(F)(F)C(F)(F)F. The molecule has 0 aliphatic carbocycles. The molecule has 0 aliphatic rings. The highest BCUT2D eigenvalue weighted by atomic mass is 127. The van der Waals surface area contributed by atoms with Gasteiger partial charge in [-0.1, -0.05) is 132 Å². The van der Waals surface area contributed by atoms with Gasteiger partial charge in [0.15, 0.2) is 0 Å². The first-order chi connectivity index (χ1) is 23.2. The second-order valence-electron chi connectivity index (χ2n) is 12.7. The van der Waals surface area contributed by atoms with E-state index < -0.39 is 76.2 Å². The monoisotopic (exact) mass is 926 g/mol. The molecule has 0 aromatic heterocycles. The molecule has 0 amide bonds. The van der Waals surface area contributed by atoms with E-state index in [0.29, 0.717) is 12.8 Å². The quantitative estimate of drug-likeness (QED) is 0.0333. The van der Waals surface area contributed by atoms with Gasteiger partial charge in [0.1, 0.15) is 0 Å². The molecular weight excluding hydrogens is 886 g/mol. The van der Waals surface area contributed by atoms with Crippen molar-refractivity contribution in [2.45, 2.75) is 186 Å². The van der Waals surface area contributed by atoms with Gasteiger partial charge in [-0.3, -0.25) is 0 Å². The maximum Gasteiger partial charge on any atom is 0.460 e. The molecule has 0 radical (unpaired) electrons. The van der Waals surface area contributed by atoms with Crippen LogP contribution in [0.4, 0.5) is 92.2 Å². The van der Waals surface area contributed by atoms with Crippen molar-refractivity contribution in [3.8, 4) is 0 Å². The van der Waals surface area contributed by atoms with Crippen molar-refractivity contribution >= 4 is 22.6 Å². The van der Waals surface area contributed by atoms with Gasteiger partial charge in [0.25, 0.3) is 0 Å². The highest BCUT2D eigenvalue weighted by molar-refractivity contribution is 14.1. The van der Waals surface area contributed by atoms with Gasteiger partial charge in [-0.05, 0) is 6.42 Å². The molecule has 0 aliphatic heterocycles. The van der Waals surface area contributed by atoms with Gasteiger partial charge in [0.2, 0.25) is 0 Å². The highest BCUT2D eigenvalue weighted by Gasteiger charge is 2.97. The van der Waals surface area contributed by atoms with E-state index in [9.17, 15) is 92.2 Å². The molecule has 1 unspecified atom stereocenters. The molecule has 314 valence electrons. The predicted octanol–water partition coefficient (Wildman–Crippen LogP) is 15.1. The minimum Gasteiger partial charge on any atom is -0.200 e. The van der Waals surface area contributed by atoms with Crippen molar-refractivity contribution in [2.75, 3.05) is 0 Å². The van der Waals surface area contributed by atoms with Crippen LogP contribution >= 0.6 is 22.6 Å². The second kappa shape index (κ2) is 18.9. The van der Waals surface area contributed by atoms with Crippen LogP contribution in [0.5, 0.6) is 0 Å². The Hall–Kier alpha value is -0.740. The van der Waals surface area contributed by atoms with Crippen molar-refractivity contribution in [1.29, 1.82) is 0 Å². The lowest BCUT2D eigenvalue weighted by atomic mass is 9.85. The van der Waals surface area contributed by atoms with Crippen LogP contribution in [0.15, 0.2) is 0 Å². The van der Waals surface area contributed by atoms with Gasteiger partial charge in [0, 0.05) is 10.3 Å². The number of hydrogen-bond donors (Lipinski definition) is 0. The van der Waals surface area contributed by atoms with Crippen LogP contribution in [-0.4, -0.2) is 63.4 Å². The van der Waals surface area contributed by atoms with E-state index in [1.54, 1.807) is 0 Å². The van der Waals surface area contributed by atoms with Crippen molar-refractivity contribution < 1.29 is 92.2 Å². The Morgan fingerprint density at radius 3 is 0.827 bits per heavy atom. The molecule has 1 atom stereocenters. The summed E-state index contributed by atoms with van der Waals surface area (Å²) in [5.74, 6) is -76.4. The molecule has 0 bridgehead atoms. The molecule has 0 heterocycles. The smallest absolute Gasteiger partial charge is 0.200 e. The summed E-state index contributed by atoms with van der Waals surface area (Å²) in [5, 5.41) is 0. The summed E-state index contributed by atoms with van der Waals surface area (Å²) in [5.41, 5.74) is 0. The third-order valence-electron chi connectivity index (χ3n) is 8.42. The van der Waals surface area contributed by atoms with Gasteiger partial charge >= 0.3 is 59.5 Å². The third-order valence-corrected chi connectivity index (χ3v) is 9.49. The van der Waals surface area contributed by atoms with Crippen LogP contribution in [0.1, 0.15) is 122 Å². The summed E-state index contributed by atoms with van der Waals surface area (Å²) >= 11 is 0.959. The fourth-order valence-electron chi connectivity index (χ4n) is 5.01. The van der Waals surface area contributed by atoms with Crippen molar-refractivity contribution in [3.05, 3.63) is 0 Å². The lowest BCUT2D eigenvalue weighted by Gasteiger charge is -2.44. The van der Waals surface area contributed by atoms with Crippen LogP contribution in [0, 0.1) is 0 Å². The van der Waals surface area contributed by atoms with Crippen LogP contribution in [-0.2, 0) is 0 Å². The van der Waals surface area contributed by atoms with Crippen molar-refractivity contribution in [2.24, 2.45) is 0 Å². The van der Waals surface area contributed by atoms with E-state index in [2.05, 4.69) is 6.92 Å². The lowest BCUT2D eigenvalue weighted by molar-refractivity contribution is -0.474. The fraction of sp³-hybridized carbons (Fsp3) is 1.00. The summed E-state index contributed by atoms with van der Waals surface area (Å²) in [4.78, 5) is 0. The topological polar surface area (TPSA) is 0 Å². The van der Waals surface area contributed by atoms with E-state index >= 15 is 0 Å². The first-order valence-electron chi connectivity index (χ1n) is 16.3. The minimum absolute atomic E-state index is 0.0315. The lowest BCUT2D eigenvalue weighted by Crippen LogP contribution is -2.76. The largest absolute Gasteiger partial charge is 0.460 e. The molecular formula is C30H40F21I. The third kappa shape index (κ3) is 10.8. The molecule has 0 aromatic carbocycles. The predicted molar refractivity (Wildman–Crippen MR) is 157 cm³/mol. The van der Waals surface area contributed by atoms with Gasteiger partial charge in [-0.25, -0.2) is 0 Å². The molecule has 0 N–H and O–H groups in total. The first kappa shape index (κ1) is 51.3. The Morgan fingerprint density at radius 1 is 0.327 bits per heavy atom. The molecule has 0 saturated carbocycles. The van der Waals surface area contributed by atoms with Gasteiger partial charge in [0.05, 0.1) is 0 Å². The molecule has 0 nitrogen and oxygen atoms in total. The highest BCUT2D eigenvalue weighted by Crippen LogP contribution is 2.66. The van der Waals surface area contributed by atoms with Crippen LogP contribution < -0.4 is 0 Å². The maximum absolute atomic E-state index is 14.3. The van der Waals surface area contributed by atoms with E-state index in [1.807, 2.05) is 0 Å². The summed E-state index contributed by atoms with van der Waals surface area (Å²) in [6.07, 6.45) is 3.40. The Balaban J connectivity index is 5.37. The Labute approximate surface area is 300 Å². The summed E-state index contributed by atoms with van der Waals surface area (Å²) in [6.45, 7) is 2.13. The maximum atomic E-state index is 14.3. The van der Waals surface area contributed by atoms with Gasteiger partial charge < -0.3 is 0 Å². The van der Waals surface area contributed by atoms with Crippen molar-refractivity contribution in [3.63, 3.8) is 0 Å². The molecule has 52 heavy (non-hydrogen) atoms. The summed E-state index contributed by atoms with van der Waals surface area (Å²) < 4.78 is 283. The van der Waals surface area contributed by atoms with E-state index in [0.717, 1.165) is 74.0 Å². The zero-order valence-electron chi connectivity index (χ0n) is 27.6. The normalized spacial score (nSPS) is 15.8. The summed E-state index contributed by atoms with van der Waals surface area (Å²) in [7, 11) is 0. The average Bonchev–Trinajstić information content (AvgIpc) is 2.99. The zero-order chi connectivity index (χ0) is 41.3. The average molecular weight is 927 g/mol. The van der Waals surface area contributed by atoms with Crippen LogP contribution in [0.25, 0.3) is 0 Å². The molecule has 0 saturated heterocycles. The minimum atomic E-state index is -9.14. The second-order valence-corrected chi connectivity index (χ2v) is 14.5. The molecule has 0 spiro atoms. The first-order valence-corrected chi connectivity index (χ1v) is 17.6. The Morgan fingerprint density at radius 2 is 0.558 bits per heavy atom. The van der Waals surface area contributed by atoms with Crippen molar-refractivity contribution in [1.82, 2.24) is 0 Å². The Bertz CT molecular complexity index is 1040.